The summed E-state index contributed by atoms with van der Waals surface area (Å²) in [5.41, 5.74) is 18.9. The van der Waals surface area contributed by atoms with Crippen LogP contribution >= 0.6 is 0 Å². The van der Waals surface area contributed by atoms with Crippen molar-refractivity contribution in [3.05, 3.63) is 212 Å². The van der Waals surface area contributed by atoms with Gasteiger partial charge in [0.05, 0.1) is 5.56 Å². The van der Waals surface area contributed by atoms with Gasteiger partial charge in [-0.15, -0.1) is 0 Å². The molecule has 7 aromatic rings. The first-order chi connectivity index (χ1) is 46.6. The Kier molecular flexibility index (Phi) is 20.6. The highest BCUT2D eigenvalue weighted by atomic mass is 16.7. The number of hydrogen-bond acceptors (Lipinski definition) is 12. The SMILES string of the molecule is CCC1(CC)c2ccccc2-c2ccc(C(=O)/C(CCCCCCc3ccc4c(c3)-c3ccc(C(=O)/C(CC5CCCC(c6ccc7c(c6)-c6ccc(C(=O)/C(CC8CCCCC8)=N/OC(=O)c8ccccc8)cc6C7)C5)=N/OC(C)=O)cc3C4(CC)CC)=N/OC(C)=O)cc21. The van der Waals surface area contributed by atoms with E-state index in [-0.39, 0.29) is 57.2 Å². The molecule has 12 nitrogen and oxygen atoms in total. The fraction of sp³-hybridized carbons (Fsp3) is 0.393. The van der Waals surface area contributed by atoms with Crippen LogP contribution in [0.3, 0.4) is 0 Å². The summed E-state index contributed by atoms with van der Waals surface area (Å²) in [6.45, 7) is 11.5. The molecular formula is C84H89N3O9. The topological polar surface area (TPSA) is 167 Å². The summed E-state index contributed by atoms with van der Waals surface area (Å²) in [5, 5.41) is 12.7. The van der Waals surface area contributed by atoms with Crippen LogP contribution < -0.4 is 0 Å². The van der Waals surface area contributed by atoms with E-state index in [1.807, 2.05) is 36.4 Å². The molecular weight excluding hydrogens is 1190 g/mol. The van der Waals surface area contributed by atoms with Crippen molar-refractivity contribution in [1.82, 2.24) is 0 Å². The number of benzene rings is 7. The molecule has 0 amide bonds. The average molecular weight is 1280 g/mol. The van der Waals surface area contributed by atoms with Crippen LogP contribution in [0.25, 0.3) is 33.4 Å². The predicted octanol–water partition coefficient (Wildman–Crippen LogP) is 19.6. The fourth-order valence-corrected chi connectivity index (χ4v) is 16.8. The molecule has 96 heavy (non-hydrogen) atoms. The fourth-order valence-electron chi connectivity index (χ4n) is 16.8. The number of nitrogens with zero attached hydrogens (tertiary/aromatic N) is 3. The minimum absolute atomic E-state index is 0.125. The molecule has 0 heterocycles. The second-order valence-electron chi connectivity index (χ2n) is 27.6. The average Bonchev–Trinajstić information content (AvgIpc) is 1.58. The monoisotopic (exact) mass is 1280 g/mol. The van der Waals surface area contributed by atoms with Crippen molar-refractivity contribution in [3.8, 4) is 33.4 Å². The molecule has 5 aliphatic carbocycles. The van der Waals surface area contributed by atoms with Crippen LogP contribution in [0.15, 0.2) is 161 Å². The Bertz CT molecular complexity index is 4230. The summed E-state index contributed by atoms with van der Waals surface area (Å²) >= 11 is 0. The van der Waals surface area contributed by atoms with Gasteiger partial charge in [0.25, 0.3) is 0 Å². The van der Waals surface area contributed by atoms with E-state index in [4.69, 9.17) is 14.5 Å². The Hall–Kier alpha value is -9.03. The third-order valence-corrected chi connectivity index (χ3v) is 22.0. The van der Waals surface area contributed by atoms with Crippen molar-refractivity contribution in [2.75, 3.05) is 0 Å². The van der Waals surface area contributed by atoms with Crippen LogP contribution in [-0.4, -0.2) is 52.4 Å². The number of carbonyl (C=O) groups excluding carboxylic acids is 6. The van der Waals surface area contributed by atoms with Gasteiger partial charge >= 0.3 is 17.9 Å². The molecule has 5 aliphatic rings. The van der Waals surface area contributed by atoms with Crippen LogP contribution in [0, 0.1) is 11.8 Å². The van der Waals surface area contributed by atoms with E-state index in [0.717, 1.165) is 137 Å². The molecule has 0 spiro atoms. The molecule has 0 aromatic heterocycles. The molecule has 2 fully saturated rings. The van der Waals surface area contributed by atoms with Gasteiger partial charge in [-0.05, 0) is 209 Å². The predicted molar refractivity (Wildman–Crippen MR) is 379 cm³/mol. The van der Waals surface area contributed by atoms with Crippen molar-refractivity contribution < 1.29 is 43.3 Å². The Morgan fingerprint density at radius 3 is 1.65 bits per heavy atom. The number of oxime groups is 3. The zero-order valence-electron chi connectivity index (χ0n) is 56.7. The lowest BCUT2D eigenvalue weighted by Crippen LogP contribution is -2.25. The third-order valence-electron chi connectivity index (χ3n) is 22.0. The number of hydrogen-bond donors (Lipinski definition) is 0. The lowest BCUT2D eigenvalue weighted by molar-refractivity contribution is -0.141. The first-order valence-electron chi connectivity index (χ1n) is 35.4. The summed E-state index contributed by atoms with van der Waals surface area (Å²) in [5.74, 6) is -1.71. The highest BCUT2D eigenvalue weighted by Gasteiger charge is 2.43. The molecule has 7 aromatic carbocycles. The van der Waals surface area contributed by atoms with Crippen molar-refractivity contribution in [3.63, 3.8) is 0 Å². The minimum Gasteiger partial charge on any atom is -0.318 e. The van der Waals surface area contributed by atoms with Crippen LogP contribution in [0.5, 0.6) is 0 Å². The number of carbonyl (C=O) groups is 6. The van der Waals surface area contributed by atoms with Gasteiger partial charge in [-0.3, -0.25) is 14.4 Å². The molecule has 2 saturated carbocycles. The lowest BCUT2D eigenvalue weighted by atomic mass is 9.73. The molecule has 0 radical (unpaired) electrons. The second-order valence-corrected chi connectivity index (χ2v) is 27.6. The maximum atomic E-state index is 14.9. The molecule has 0 saturated heterocycles. The highest BCUT2D eigenvalue weighted by Crippen LogP contribution is 2.55. The van der Waals surface area contributed by atoms with E-state index < -0.39 is 17.9 Å². The smallest absolute Gasteiger partial charge is 0.318 e. The Balaban J connectivity index is 0.690. The van der Waals surface area contributed by atoms with Crippen molar-refractivity contribution >= 4 is 52.4 Å². The quantitative estimate of drug-likeness (QED) is 0.0168. The van der Waals surface area contributed by atoms with E-state index in [1.165, 1.54) is 70.3 Å². The second kappa shape index (κ2) is 29.5. The van der Waals surface area contributed by atoms with Gasteiger partial charge in [-0.1, -0.05) is 216 Å². The van der Waals surface area contributed by atoms with Crippen molar-refractivity contribution in [1.29, 1.82) is 0 Å². The largest absolute Gasteiger partial charge is 0.365 e. The summed E-state index contributed by atoms with van der Waals surface area (Å²) in [7, 11) is 0. The van der Waals surface area contributed by atoms with Crippen LogP contribution in [-0.2, 0) is 47.8 Å². The molecule has 494 valence electrons. The Morgan fingerprint density at radius 2 is 0.979 bits per heavy atom. The molecule has 0 bridgehead atoms. The number of aryl methyl sites for hydroxylation is 1. The molecule has 0 aliphatic heterocycles. The highest BCUT2D eigenvalue weighted by molar-refractivity contribution is 6.47. The number of ketones is 3. The van der Waals surface area contributed by atoms with E-state index >= 15 is 0 Å². The Morgan fingerprint density at radius 1 is 0.427 bits per heavy atom. The van der Waals surface area contributed by atoms with E-state index in [2.05, 4.69) is 128 Å². The first kappa shape index (κ1) is 67.0. The van der Waals surface area contributed by atoms with E-state index in [1.54, 1.807) is 24.3 Å². The van der Waals surface area contributed by atoms with Gasteiger partial charge in [-0.2, -0.15) is 0 Å². The molecule has 2 atom stereocenters. The maximum absolute atomic E-state index is 14.9. The van der Waals surface area contributed by atoms with Crippen LogP contribution in [0.2, 0.25) is 0 Å². The first-order valence-corrected chi connectivity index (χ1v) is 35.4. The van der Waals surface area contributed by atoms with Gasteiger partial charge in [-0.25, -0.2) is 14.4 Å². The zero-order valence-corrected chi connectivity index (χ0v) is 56.7. The molecule has 0 N–H and O–H groups in total. The number of rotatable bonds is 26. The maximum Gasteiger partial charge on any atom is 0.365 e. The van der Waals surface area contributed by atoms with Crippen molar-refractivity contribution in [2.45, 2.75) is 200 Å². The van der Waals surface area contributed by atoms with Gasteiger partial charge < -0.3 is 14.5 Å². The van der Waals surface area contributed by atoms with Crippen LogP contribution in [0.4, 0.5) is 0 Å². The summed E-state index contributed by atoms with van der Waals surface area (Å²) in [6, 6.07) is 48.9. The summed E-state index contributed by atoms with van der Waals surface area (Å²) in [6.07, 6.45) is 19.0. The number of fused-ring (bicyclic) bond motifs is 9. The summed E-state index contributed by atoms with van der Waals surface area (Å²) < 4.78 is 0. The van der Waals surface area contributed by atoms with Crippen LogP contribution in [0.1, 0.15) is 262 Å². The normalized spacial score (nSPS) is 17.5. The minimum atomic E-state index is -0.590. The zero-order chi connectivity index (χ0) is 67.1. The van der Waals surface area contributed by atoms with Gasteiger partial charge in [0.2, 0.25) is 17.3 Å². The van der Waals surface area contributed by atoms with Gasteiger partial charge in [0, 0.05) is 41.4 Å². The summed E-state index contributed by atoms with van der Waals surface area (Å²) in [4.78, 5) is 96.6. The van der Waals surface area contributed by atoms with Gasteiger partial charge in [0.1, 0.15) is 17.1 Å². The number of Topliss-reactive ketones (excluding diaryl/α,β-unsaturated/α-hetero) is 3. The van der Waals surface area contributed by atoms with Crippen molar-refractivity contribution in [2.24, 2.45) is 27.3 Å². The lowest BCUT2D eigenvalue weighted by Gasteiger charge is -2.30. The number of unbranched alkanes of at least 4 members (excludes halogenated alkanes) is 3. The molecule has 12 rings (SSSR count). The third kappa shape index (κ3) is 13.7. The van der Waals surface area contributed by atoms with E-state index in [9.17, 15) is 28.8 Å². The van der Waals surface area contributed by atoms with Gasteiger partial charge in [0.15, 0.2) is 0 Å². The molecule has 2 unspecified atom stereocenters. The van der Waals surface area contributed by atoms with E-state index in [0.29, 0.717) is 53.9 Å². The Labute approximate surface area is 565 Å². The standard InChI is InChI=1S/C84H89N3O9/c1-7-83(8-2)72-32-22-21-31-67(72)68-41-38-63(51-74(68)83)79(90)76(85-94-53(5)88)33-20-12-11-15-26-56-34-43-73-71(45-56)69-42-39-64(52-75(69)84(73,9-3)10-4)81(92)78(86-95-54(6)89)47-57-27-23-30-59(44-57)60-35-36-61-48-65-49-62(37-40-66(65)70(61)50-60)80(91)77(46-55-24-16-13-17-25-55)87-96-82(93)58-28-18-14-19-29-58/h14,18-19,21-22,28-29,31-32,34-43,45,49-52,55,57,59H,7-13,15-17,20,23-27,30,33,44,46-48H2,1-6H3/b85-76+,86-78+,87-77+. The molecule has 12 heteroatoms.